The first kappa shape index (κ1) is 21.6. The fourth-order valence-electron chi connectivity index (χ4n) is 2.60. The molecule has 3 atom stereocenters. The molecule has 1 rings (SSSR count). The molecule has 0 bridgehead atoms. The third-order valence-electron chi connectivity index (χ3n) is 4.00. The summed E-state index contributed by atoms with van der Waals surface area (Å²) in [6.07, 6.45) is -0.796. The molecule has 7 nitrogen and oxygen atoms in total. The minimum absolute atomic E-state index is 0.126. The standard InChI is InChI=1S/C19H28N2O5/c1-12(2)17(19(24)25-11-15-9-7-6-8-10-15)21(5)18(23)16(20)13(3)26-14(4)22/h6-10,12-13,16-17H,11,20H2,1-5H3/t13-,16+,17+/m1/s1. The van der Waals surface area contributed by atoms with E-state index in [-0.39, 0.29) is 12.5 Å². The summed E-state index contributed by atoms with van der Waals surface area (Å²) in [5.74, 6) is -1.70. The molecule has 2 N–H and O–H groups in total. The van der Waals surface area contributed by atoms with Crippen molar-refractivity contribution in [2.75, 3.05) is 7.05 Å². The number of carbonyl (C=O) groups excluding carboxylic acids is 3. The molecule has 0 spiro atoms. The first-order valence-corrected chi connectivity index (χ1v) is 8.55. The lowest BCUT2D eigenvalue weighted by atomic mass is 10.0. The Hall–Kier alpha value is -2.41. The van der Waals surface area contributed by atoms with Gasteiger partial charge < -0.3 is 20.1 Å². The number of ether oxygens (including phenoxy) is 2. The van der Waals surface area contributed by atoms with Crippen molar-refractivity contribution in [1.29, 1.82) is 0 Å². The van der Waals surface area contributed by atoms with E-state index in [1.54, 1.807) is 0 Å². The molecule has 0 unspecified atom stereocenters. The van der Waals surface area contributed by atoms with Gasteiger partial charge in [-0.25, -0.2) is 4.79 Å². The van der Waals surface area contributed by atoms with Gasteiger partial charge in [0, 0.05) is 14.0 Å². The highest BCUT2D eigenvalue weighted by atomic mass is 16.5. The molecule has 0 aromatic heterocycles. The van der Waals surface area contributed by atoms with Gasteiger partial charge in [0.2, 0.25) is 5.91 Å². The number of hydrogen-bond acceptors (Lipinski definition) is 6. The molecule has 1 aromatic rings. The van der Waals surface area contributed by atoms with Crippen LogP contribution in [0.5, 0.6) is 0 Å². The van der Waals surface area contributed by atoms with Crippen LogP contribution < -0.4 is 5.73 Å². The lowest BCUT2D eigenvalue weighted by Gasteiger charge is -2.32. The van der Waals surface area contributed by atoms with Crippen LogP contribution in [0.2, 0.25) is 0 Å². The van der Waals surface area contributed by atoms with Crippen LogP contribution >= 0.6 is 0 Å². The lowest BCUT2D eigenvalue weighted by molar-refractivity contribution is -0.160. The number of esters is 2. The molecule has 1 aromatic carbocycles. The Morgan fingerprint density at radius 2 is 1.69 bits per heavy atom. The summed E-state index contributed by atoms with van der Waals surface area (Å²) in [6.45, 7) is 6.55. The van der Waals surface area contributed by atoms with Crippen LogP contribution in [-0.2, 0) is 30.5 Å². The van der Waals surface area contributed by atoms with Crippen molar-refractivity contribution in [2.45, 2.75) is 52.5 Å². The Morgan fingerprint density at radius 3 is 2.19 bits per heavy atom. The van der Waals surface area contributed by atoms with Gasteiger partial charge in [-0.05, 0) is 18.4 Å². The van der Waals surface area contributed by atoms with Gasteiger partial charge in [-0.1, -0.05) is 44.2 Å². The molecule has 0 heterocycles. The minimum Gasteiger partial charge on any atom is -0.461 e. The van der Waals surface area contributed by atoms with Gasteiger partial charge in [-0.3, -0.25) is 9.59 Å². The van der Waals surface area contributed by atoms with Crippen molar-refractivity contribution < 1.29 is 23.9 Å². The number of nitrogens with zero attached hydrogens (tertiary/aromatic N) is 1. The maximum Gasteiger partial charge on any atom is 0.329 e. The van der Waals surface area contributed by atoms with E-state index in [2.05, 4.69) is 0 Å². The van der Waals surface area contributed by atoms with Gasteiger partial charge >= 0.3 is 11.9 Å². The molecular weight excluding hydrogens is 336 g/mol. The number of likely N-dealkylation sites (N-methyl/N-ethyl adjacent to an activating group) is 1. The average molecular weight is 364 g/mol. The second-order valence-electron chi connectivity index (χ2n) is 6.57. The SMILES string of the molecule is CC(=O)O[C@H](C)[C@H](N)C(=O)N(C)[C@H](C(=O)OCc1ccccc1)C(C)C. The highest BCUT2D eigenvalue weighted by molar-refractivity contribution is 5.88. The Morgan fingerprint density at radius 1 is 1.12 bits per heavy atom. The smallest absolute Gasteiger partial charge is 0.329 e. The summed E-state index contributed by atoms with van der Waals surface area (Å²) in [7, 11) is 1.50. The fraction of sp³-hybridized carbons (Fsp3) is 0.526. The summed E-state index contributed by atoms with van der Waals surface area (Å²) in [5.41, 5.74) is 6.75. The van der Waals surface area contributed by atoms with Crippen molar-refractivity contribution in [3.63, 3.8) is 0 Å². The fourth-order valence-corrected chi connectivity index (χ4v) is 2.60. The number of rotatable bonds is 8. The topological polar surface area (TPSA) is 98.9 Å². The molecule has 0 fully saturated rings. The maximum absolute atomic E-state index is 12.6. The Balaban J connectivity index is 2.78. The van der Waals surface area contributed by atoms with Gasteiger partial charge in [-0.15, -0.1) is 0 Å². The van der Waals surface area contributed by atoms with Crippen molar-refractivity contribution in [3.8, 4) is 0 Å². The molecule has 0 aliphatic rings. The zero-order chi connectivity index (χ0) is 19.9. The monoisotopic (exact) mass is 364 g/mol. The van der Waals surface area contributed by atoms with E-state index in [4.69, 9.17) is 15.2 Å². The van der Waals surface area contributed by atoms with Crippen molar-refractivity contribution in [3.05, 3.63) is 35.9 Å². The maximum atomic E-state index is 12.6. The van der Waals surface area contributed by atoms with E-state index in [0.717, 1.165) is 5.56 Å². The predicted molar refractivity (Wildman–Crippen MR) is 96.8 cm³/mol. The van der Waals surface area contributed by atoms with Crippen LogP contribution in [0.25, 0.3) is 0 Å². The Kier molecular flexibility index (Phi) is 8.25. The molecule has 26 heavy (non-hydrogen) atoms. The summed E-state index contributed by atoms with van der Waals surface area (Å²) in [6, 6.07) is 7.43. The minimum atomic E-state index is -1.06. The number of amides is 1. The predicted octanol–water partition coefficient (Wildman–Crippen LogP) is 1.49. The first-order chi connectivity index (χ1) is 12.1. The van der Waals surface area contributed by atoms with Gasteiger partial charge in [0.05, 0.1) is 0 Å². The molecule has 0 aliphatic carbocycles. The van der Waals surface area contributed by atoms with Crippen molar-refractivity contribution in [1.82, 2.24) is 4.90 Å². The third kappa shape index (κ3) is 6.15. The molecule has 0 saturated carbocycles. The van der Waals surface area contributed by atoms with E-state index in [1.165, 1.54) is 25.8 Å². The lowest BCUT2D eigenvalue weighted by Crippen LogP contribution is -2.55. The number of hydrogen-bond donors (Lipinski definition) is 1. The molecule has 144 valence electrons. The van der Waals surface area contributed by atoms with Crippen LogP contribution in [0.15, 0.2) is 30.3 Å². The normalized spacial score (nSPS) is 14.3. The number of carbonyl (C=O) groups is 3. The van der Waals surface area contributed by atoms with Crippen molar-refractivity contribution in [2.24, 2.45) is 11.7 Å². The molecule has 0 aliphatic heterocycles. The van der Waals surface area contributed by atoms with Crippen LogP contribution in [0.1, 0.15) is 33.3 Å². The number of benzene rings is 1. The summed E-state index contributed by atoms with van der Waals surface area (Å²) >= 11 is 0. The largest absolute Gasteiger partial charge is 0.461 e. The van der Waals surface area contributed by atoms with E-state index in [1.807, 2.05) is 44.2 Å². The summed E-state index contributed by atoms with van der Waals surface area (Å²) in [5, 5.41) is 0. The molecular formula is C19H28N2O5. The molecule has 7 heteroatoms. The Labute approximate surface area is 154 Å². The molecule has 1 amide bonds. The third-order valence-corrected chi connectivity index (χ3v) is 4.00. The summed E-state index contributed by atoms with van der Waals surface area (Å²) < 4.78 is 10.3. The van der Waals surface area contributed by atoms with Crippen molar-refractivity contribution >= 4 is 17.8 Å². The van der Waals surface area contributed by atoms with Crippen LogP contribution in [0.3, 0.4) is 0 Å². The van der Waals surface area contributed by atoms with E-state index < -0.39 is 36.0 Å². The molecule has 0 radical (unpaired) electrons. The van der Waals surface area contributed by atoms with Crippen LogP contribution in [0, 0.1) is 5.92 Å². The molecule has 0 saturated heterocycles. The quantitative estimate of drug-likeness (QED) is 0.702. The zero-order valence-corrected chi connectivity index (χ0v) is 16.0. The highest BCUT2D eigenvalue weighted by Crippen LogP contribution is 2.15. The van der Waals surface area contributed by atoms with Gasteiger partial charge in [0.15, 0.2) is 0 Å². The van der Waals surface area contributed by atoms with E-state index in [0.29, 0.717) is 0 Å². The van der Waals surface area contributed by atoms with Crippen LogP contribution in [0.4, 0.5) is 0 Å². The highest BCUT2D eigenvalue weighted by Gasteiger charge is 2.35. The van der Waals surface area contributed by atoms with Gasteiger partial charge in [0.1, 0.15) is 24.8 Å². The average Bonchev–Trinajstić information content (AvgIpc) is 2.58. The van der Waals surface area contributed by atoms with Gasteiger partial charge in [0.25, 0.3) is 0 Å². The van der Waals surface area contributed by atoms with E-state index in [9.17, 15) is 14.4 Å². The second-order valence-corrected chi connectivity index (χ2v) is 6.57. The summed E-state index contributed by atoms with van der Waals surface area (Å²) in [4.78, 5) is 37.4. The van der Waals surface area contributed by atoms with Gasteiger partial charge in [-0.2, -0.15) is 0 Å². The second kappa shape index (κ2) is 9.91. The number of nitrogens with two attached hydrogens (primary N) is 1. The first-order valence-electron chi connectivity index (χ1n) is 8.55. The van der Waals surface area contributed by atoms with E-state index >= 15 is 0 Å². The zero-order valence-electron chi connectivity index (χ0n) is 16.0. The van der Waals surface area contributed by atoms with Crippen LogP contribution in [-0.4, -0.2) is 48.0 Å². The Bertz CT molecular complexity index is 618.